The second-order valence-corrected chi connectivity index (χ2v) is 16.6. The second-order valence-electron chi connectivity index (χ2n) is 15.6. The summed E-state index contributed by atoms with van der Waals surface area (Å²) in [6.07, 6.45) is 0. The number of fused-ring (bicyclic) bond motifs is 12. The Morgan fingerprint density at radius 3 is 1.61 bits per heavy atom. The first-order chi connectivity index (χ1) is 30.7. The van der Waals surface area contributed by atoms with E-state index in [9.17, 15) is 0 Å². The van der Waals surface area contributed by atoms with Gasteiger partial charge in [0, 0.05) is 48.7 Å². The van der Waals surface area contributed by atoms with E-state index in [1.807, 2.05) is 54.6 Å². The van der Waals surface area contributed by atoms with E-state index >= 15 is 0 Å². The van der Waals surface area contributed by atoms with Gasteiger partial charge in [0.1, 0.15) is 11.2 Å². The summed E-state index contributed by atoms with van der Waals surface area (Å²) >= 11 is 1.73. The molecule has 0 saturated heterocycles. The monoisotopic (exact) mass is 809 g/mol. The molecule has 9 aromatic carbocycles. The van der Waals surface area contributed by atoms with Crippen LogP contribution in [-0.4, -0.2) is 24.9 Å². The molecule has 4 heterocycles. The van der Waals surface area contributed by atoms with E-state index in [0.29, 0.717) is 23.3 Å². The number of rotatable bonds is 5. The Balaban J connectivity index is 1.02. The normalized spacial score (nSPS) is 11.9. The van der Waals surface area contributed by atoms with Crippen molar-refractivity contribution in [2.75, 3.05) is 0 Å². The lowest BCUT2D eigenvalue weighted by Crippen LogP contribution is -2.00. The highest BCUT2D eigenvalue weighted by Crippen LogP contribution is 2.42. The Labute approximate surface area is 358 Å². The average molecular weight is 810 g/mol. The predicted molar refractivity (Wildman–Crippen MR) is 255 cm³/mol. The Hall–Kier alpha value is -8.13. The van der Waals surface area contributed by atoms with Gasteiger partial charge in [-0.3, -0.25) is 0 Å². The summed E-state index contributed by atoms with van der Waals surface area (Å²) in [5, 5.41) is 10.2. The van der Waals surface area contributed by atoms with Crippen molar-refractivity contribution in [1.82, 2.24) is 24.9 Å². The van der Waals surface area contributed by atoms with Gasteiger partial charge in [-0.05, 0) is 68.7 Å². The zero-order valence-corrected chi connectivity index (χ0v) is 33.8. The van der Waals surface area contributed by atoms with E-state index in [0.717, 1.165) is 76.4 Å². The number of aromatic nitrogens is 5. The van der Waals surface area contributed by atoms with Crippen LogP contribution < -0.4 is 0 Å². The van der Waals surface area contributed by atoms with E-state index in [1.54, 1.807) is 11.3 Å². The number of hydrogen-bond donors (Lipinski definition) is 0. The molecule has 0 fully saturated rings. The maximum atomic E-state index is 6.56. The number of thiophene rings is 1. The molecule has 4 aromatic heterocycles. The predicted octanol–water partition coefficient (Wildman–Crippen LogP) is 14.7. The van der Waals surface area contributed by atoms with Gasteiger partial charge >= 0.3 is 0 Å². The van der Waals surface area contributed by atoms with Crippen molar-refractivity contribution in [2.45, 2.75) is 0 Å². The first-order valence-corrected chi connectivity index (χ1v) is 21.4. The molecule has 13 rings (SSSR count). The number of furan rings is 1. The largest absolute Gasteiger partial charge is 0.456 e. The molecule has 0 amide bonds. The third kappa shape index (κ3) is 5.45. The van der Waals surface area contributed by atoms with Crippen molar-refractivity contribution >= 4 is 85.9 Å². The first kappa shape index (κ1) is 34.7. The van der Waals surface area contributed by atoms with Crippen molar-refractivity contribution < 1.29 is 4.42 Å². The number of hydrogen-bond acceptors (Lipinski definition) is 7. The highest BCUT2D eigenvalue weighted by atomic mass is 32.1. The van der Waals surface area contributed by atoms with Crippen LogP contribution >= 0.6 is 11.3 Å². The summed E-state index contributed by atoms with van der Waals surface area (Å²) < 4.78 is 8.82. The molecule has 0 saturated carbocycles. The maximum Gasteiger partial charge on any atom is 0.164 e. The standard InChI is InChI=1S/C55H31N5OS/c1-3-14-32(15-4-1)49-51-50(41-22-11-12-25-47(41)62-51)57-53(56-49)35-27-29-45-44(31-35)48-42(23-13-24-46(48)61-45)55-59-52(33-16-5-2-6-17-33)58-54(60-55)34-26-28-40-38-20-8-7-18-36(38)37-19-9-10-21-39(37)43(40)30-34/h1-31H. The van der Waals surface area contributed by atoms with E-state index in [2.05, 4.69) is 133 Å². The van der Waals surface area contributed by atoms with Gasteiger partial charge in [-0.15, -0.1) is 11.3 Å². The molecule has 0 aliphatic heterocycles. The van der Waals surface area contributed by atoms with Gasteiger partial charge in [0.2, 0.25) is 0 Å². The molecule has 0 N–H and O–H groups in total. The quantitative estimate of drug-likeness (QED) is 0.161. The summed E-state index contributed by atoms with van der Waals surface area (Å²) in [5.41, 5.74) is 7.98. The van der Waals surface area contributed by atoms with Gasteiger partial charge in [-0.1, -0.05) is 152 Å². The molecule has 0 spiro atoms. The zero-order chi connectivity index (χ0) is 40.7. The summed E-state index contributed by atoms with van der Waals surface area (Å²) in [7, 11) is 0. The van der Waals surface area contributed by atoms with Gasteiger partial charge in [0.15, 0.2) is 23.3 Å². The van der Waals surface area contributed by atoms with E-state index < -0.39 is 0 Å². The van der Waals surface area contributed by atoms with Crippen LogP contribution in [0.2, 0.25) is 0 Å². The summed E-state index contributed by atoms with van der Waals surface area (Å²) in [6.45, 7) is 0. The van der Waals surface area contributed by atoms with Crippen molar-refractivity contribution in [3.05, 3.63) is 188 Å². The molecule has 62 heavy (non-hydrogen) atoms. The van der Waals surface area contributed by atoms with Gasteiger partial charge < -0.3 is 4.42 Å². The van der Waals surface area contributed by atoms with Gasteiger partial charge in [-0.2, -0.15) is 0 Å². The first-order valence-electron chi connectivity index (χ1n) is 20.6. The van der Waals surface area contributed by atoms with Crippen LogP contribution in [0.4, 0.5) is 0 Å². The van der Waals surface area contributed by atoms with Crippen LogP contribution in [0.15, 0.2) is 192 Å². The zero-order valence-electron chi connectivity index (χ0n) is 33.0. The Bertz CT molecular complexity index is 3900. The average Bonchev–Trinajstić information content (AvgIpc) is 3.92. The fraction of sp³-hybridized carbons (Fsp3) is 0. The van der Waals surface area contributed by atoms with Crippen LogP contribution in [0.25, 0.3) is 131 Å². The minimum absolute atomic E-state index is 0.560. The van der Waals surface area contributed by atoms with Crippen LogP contribution in [0.5, 0.6) is 0 Å². The van der Waals surface area contributed by atoms with Crippen LogP contribution in [0.3, 0.4) is 0 Å². The molecule has 0 atom stereocenters. The molecule has 13 aromatic rings. The minimum atomic E-state index is 0.560. The lowest BCUT2D eigenvalue weighted by atomic mass is 9.93. The van der Waals surface area contributed by atoms with Crippen LogP contribution in [-0.2, 0) is 0 Å². The van der Waals surface area contributed by atoms with Crippen molar-refractivity contribution in [3.63, 3.8) is 0 Å². The number of benzene rings is 9. The molecule has 288 valence electrons. The fourth-order valence-corrected chi connectivity index (χ4v) is 10.2. The molecule has 0 aliphatic carbocycles. The Morgan fingerprint density at radius 1 is 0.339 bits per heavy atom. The summed E-state index contributed by atoms with van der Waals surface area (Å²) in [4.78, 5) is 26.1. The third-order valence-corrected chi connectivity index (χ3v) is 13.1. The molecule has 7 heteroatoms. The van der Waals surface area contributed by atoms with Gasteiger partial charge in [0.25, 0.3) is 0 Å². The molecule has 0 bridgehead atoms. The fourth-order valence-electron chi connectivity index (χ4n) is 9.05. The molecular formula is C55H31N5OS. The minimum Gasteiger partial charge on any atom is -0.456 e. The maximum absolute atomic E-state index is 6.56. The summed E-state index contributed by atoms with van der Waals surface area (Å²) in [5.74, 6) is 2.40. The molecule has 0 radical (unpaired) electrons. The highest BCUT2D eigenvalue weighted by molar-refractivity contribution is 7.26. The lowest BCUT2D eigenvalue weighted by molar-refractivity contribution is 0.669. The smallest absolute Gasteiger partial charge is 0.164 e. The van der Waals surface area contributed by atoms with Crippen molar-refractivity contribution in [3.8, 4) is 56.8 Å². The lowest BCUT2D eigenvalue weighted by Gasteiger charge is -2.13. The molecular weight excluding hydrogens is 779 g/mol. The highest BCUT2D eigenvalue weighted by Gasteiger charge is 2.21. The van der Waals surface area contributed by atoms with Gasteiger partial charge in [-0.25, -0.2) is 24.9 Å². The van der Waals surface area contributed by atoms with Crippen molar-refractivity contribution in [2.24, 2.45) is 0 Å². The van der Waals surface area contributed by atoms with Crippen molar-refractivity contribution in [1.29, 1.82) is 0 Å². The Morgan fingerprint density at radius 2 is 0.887 bits per heavy atom. The van der Waals surface area contributed by atoms with E-state index in [-0.39, 0.29) is 0 Å². The second kappa shape index (κ2) is 13.7. The molecule has 0 aliphatic rings. The number of nitrogens with zero attached hydrogens (tertiary/aromatic N) is 5. The molecule has 0 unspecified atom stereocenters. The summed E-state index contributed by atoms with van der Waals surface area (Å²) in [6, 6.07) is 65.1. The third-order valence-electron chi connectivity index (χ3n) is 11.9. The Kier molecular flexibility index (Phi) is 7.67. The topological polar surface area (TPSA) is 77.6 Å². The molecule has 6 nitrogen and oxygen atoms in total. The van der Waals surface area contributed by atoms with E-state index in [1.165, 1.54) is 31.6 Å². The van der Waals surface area contributed by atoms with E-state index in [4.69, 9.17) is 29.3 Å². The SMILES string of the molecule is c1ccc(-c2nc(-c3ccc4c5ccccc5c5ccccc5c4c3)nc(-c3cccc4oc5ccc(-c6nc(-c7ccccc7)c7sc8ccccc8c7n6)cc5c34)n2)cc1. The van der Waals surface area contributed by atoms with Crippen LogP contribution in [0.1, 0.15) is 0 Å². The van der Waals surface area contributed by atoms with Gasteiger partial charge in [0.05, 0.1) is 15.9 Å². The van der Waals surface area contributed by atoms with Crippen LogP contribution in [0, 0.1) is 0 Å².